The van der Waals surface area contributed by atoms with Crippen LogP contribution in [0.2, 0.25) is 5.02 Å². The van der Waals surface area contributed by atoms with Crippen LogP contribution in [-0.2, 0) is 14.3 Å². The lowest BCUT2D eigenvalue weighted by atomic mass is 10.1. The Labute approximate surface area is 148 Å². The van der Waals surface area contributed by atoms with E-state index in [-0.39, 0.29) is 0 Å². The highest BCUT2D eigenvalue weighted by Gasteiger charge is 2.32. The Morgan fingerprint density at radius 1 is 1.29 bits per heavy atom. The number of nitrogens with one attached hydrogen (secondary N) is 1. The van der Waals surface area contributed by atoms with Crippen molar-refractivity contribution in [2.24, 2.45) is 0 Å². The molecule has 0 aliphatic carbocycles. The zero-order valence-electron chi connectivity index (χ0n) is 13.5. The SMILES string of the molecule is Cc1csc(NC(=O)COC(=O)C(C)(C)Oc2ccc(Cl)cc2)n1. The summed E-state index contributed by atoms with van der Waals surface area (Å²) in [5.41, 5.74) is -0.434. The van der Waals surface area contributed by atoms with Crippen LogP contribution in [0.5, 0.6) is 5.75 Å². The van der Waals surface area contributed by atoms with Crippen LogP contribution in [-0.4, -0.2) is 29.1 Å². The van der Waals surface area contributed by atoms with Crippen molar-refractivity contribution in [2.45, 2.75) is 26.4 Å². The fourth-order valence-corrected chi connectivity index (χ4v) is 2.54. The van der Waals surface area contributed by atoms with Crippen molar-refractivity contribution < 1.29 is 19.1 Å². The molecule has 0 aliphatic rings. The van der Waals surface area contributed by atoms with Gasteiger partial charge >= 0.3 is 5.97 Å². The Bertz CT molecular complexity index is 728. The number of anilines is 1. The zero-order valence-corrected chi connectivity index (χ0v) is 15.0. The van der Waals surface area contributed by atoms with Gasteiger partial charge in [-0.2, -0.15) is 0 Å². The molecule has 2 rings (SSSR count). The van der Waals surface area contributed by atoms with Crippen LogP contribution in [0.4, 0.5) is 5.13 Å². The summed E-state index contributed by atoms with van der Waals surface area (Å²) < 4.78 is 10.6. The van der Waals surface area contributed by atoms with Gasteiger partial charge in [-0.25, -0.2) is 9.78 Å². The molecule has 1 amide bonds. The number of hydrogen-bond donors (Lipinski definition) is 1. The van der Waals surface area contributed by atoms with Gasteiger partial charge in [-0.15, -0.1) is 11.3 Å². The molecule has 8 heteroatoms. The van der Waals surface area contributed by atoms with E-state index in [9.17, 15) is 9.59 Å². The normalized spacial score (nSPS) is 11.0. The fraction of sp³-hybridized carbons (Fsp3) is 0.312. The van der Waals surface area contributed by atoms with E-state index in [1.807, 2.05) is 12.3 Å². The van der Waals surface area contributed by atoms with E-state index in [0.717, 1.165) is 5.69 Å². The molecule has 0 bridgehead atoms. The summed E-state index contributed by atoms with van der Waals surface area (Å²) >= 11 is 7.10. The van der Waals surface area contributed by atoms with Crippen LogP contribution >= 0.6 is 22.9 Å². The number of benzene rings is 1. The Morgan fingerprint density at radius 2 is 1.96 bits per heavy atom. The van der Waals surface area contributed by atoms with Gasteiger partial charge in [0.25, 0.3) is 5.91 Å². The van der Waals surface area contributed by atoms with Gasteiger partial charge in [0.15, 0.2) is 17.3 Å². The molecule has 2 aromatic rings. The van der Waals surface area contributed by atoms with Crippen molar-refractivity contribution in [3.05, 3.63) is 40.4 Å². The largest absolute Gasteiger partial charge is 0.476 e. The van der Waals surface area contributed by atoms with Gasteiger partial charge < -0.3 is 9.47 Å². The number of ether oxygens (including phenoxy) is 2. The van der Waals surface area contributed by atoms with E-state index in [2.05, 4.69) is 10.3 Å². The third-order valence-electron chi connectivity index (χ3n) is 2.88. The Morgan fingerprint density at radius 3 is 2.54 bits per heavy atom. The van der Waals surface area contributed by atoms with Crippen LogP contribution in [0, 0.1) is 6.92 Å². The van der Waals surface area contributed by atoms with Crippen molar-refractivity contribution in [1.82, 2.24) is 4.98 Å². The molecule has 6 nitrogen and oxygen atoms in total. The van der Waals surface area contributed by atoms with Crippen LogP contribution in [0.3, 0.4) is 0 Å². The second-order valence-electron chi connectivity index (χ2n) is 5.48. The Hall–Kier alpha value is -2.12. The second-order valence-corrected chi connectivity index (χ2v) is 6.78. The summed E-state index contributed by atoms with van der Waals surface area (Å²) in [5.74, 6) is -0.632. The van der Waals surface area contributed by atoms with Gasteiger partial charge in [-0.05, 0) is 45.0 Å². The Balaban J connectivity index is 1.85. The number of rotatable bonds is 6. The first-order valence-electron chi connectivity index (χ1n) is 7.10. The van der Waals surface area contributed by atoms with Crippen molar-refractivity contribution in [2.75, 3.05) is 11.9 Å². The summed E-state index contributed by atoms with van der Waals surface area (Å²) in [7, 11) is 0. The minimum atomic E-state index is -1.24. The summed E-state index contributed by atoms with van der Waals surface area (Å²) in [6, 6.07) is 6.60. The highest BCUT2D eigenvalue weighted by atomic mass is 35.5. The van der Waals surface area contributed by atoms with E-state index < -0.39 is 24.1 Å². The number of amides is 1. The standard InChI is InChI=1S/C16H17ClN2O4S/c1-10-9-24-15(18-10)19-13(20)8-22-14(21)16(2,3)23-12-6-4-11(17)5-7-12/h4-7,9H,8H2,1-3H3,(H,18,19,20). The van der Waals surface area contributed by atoms with E-state index in [0.29, 0.717) is 15.9 Å². The molecule has 0 saturated heterocycles. The molecular formula is C16H17ClN2O4S. The molecule has 1 aromatic heterocycles. The van der Waals surface area contributed by atoms with Gasteiger partial charge in [0.1, 0.15) is 5.75 Å². The maximum absolute atomic E-state index is 12.1. The molecule has 0 aliphatic heterocycles. The van der Waals surface area contributed by atoms with Gasteiger partial charge in [0.2, 0.25) is 0 Å². The van der Waals surface area contributed by atoms with Gasteiger partial charge in [-0.1, -0.05) is 11.6 Å². The van der Waals surface area contributed by atoms with E-state index in [1.54, 1.807) is 38.1 Å². The predicted octanol–water partition coefficient (Wildman–Crippen LogP) is 3.44. The van der Waals surface area contributed by atoms with Crippen LogP contribution < -0.4 is 10.1 Å². The van der Waals surface area contributed by atoms with Gasteiger partial charge in [0.05, 0.1) is 5.69 Å². The van der Waals surface area contributed by atoms with E-state index >= 15 is 0 Å². The third-order valence-corrected chi connectivity index (χ3v) is 4.01. The first kappa shape index (κ1) is 18.2. The van der Waals surface area contributed by atoms with Crippen LogP contribution in [0.15, 0.2) is 29.6 Å². The summed E-state index contributed by atoms with van der Waals surface area (Å²) in [6.07, 6.45) is 0. The minimum absolute atomic E-state index is 0.412. The molecule has 1 aromatic carbocycles. The molecule has 0 radical (unpaired) electrons. The fourth-order valence-electron chi connectivity index (χ4n) is 1.71. The number of aromatic nitrogens is 1. The number of esters is 1. The summed E-state index contributed by atoms with van der Waals surface area (Å²) in [5, 5.41) is 5.40. The monoisotopic (exact) mass is 368 g/mol. The molecule has 1 N–H and O–H groups in total. The number of carbonyl (C=O) groups is 2. The smallest absolute Gasteiger partial charge is 0.350 e. The quantitative estimate of drug-likeness (QED) is 0.790. The van der Waals surface area contributed by atoms with Gasteiger partial charge in [0, 0.05) is 10.4 Å². The lowest BCUT2D eigenvalue weighted by Gasteiger charge is -2.24. The molecule has 0 unspecified atom stereocenters. The highest BCUT2D eigenvalue weighted by Crippen LogP contribution is 2.22. The van der Waals surface area contributed by atoms with Gasteiger partial charge in [-0.3, -0.25) is 10.1 Å². The number of halogens is 1. The molecule has 24 heavy (non-hydrogen) atoms. The maximum Gasteiger partial charge on any atom is 0.350 e. The molecule has 128 valence electrons. The lowest BCUT2D eigenvalue weighted by Crippen LogP contribution is -2.41. The molecule has 0 fully saturated rings. The van der Waals surface area contributed by atoms with E-state index in [1.165, 1.54) is 11.3 Å². The number of hydrogen-bond acceptors (Lipinski definition) is 6. The summed E-state index contributed by atoms with van der Waals surface area (Å²) in [6.45, 7) is 4.53. The summed E-state index contributed by atoms with van der Waals surface area (Å²) in [4.78, 5) is 28.0. The molecular weight excluding hydrogens is 352 g/mol. The van der Waals surface area contributed by atoms with Crippen molar-refractivity contribution in [1.29, 1.82) is 0 Å². The first-order chi connectivity index (χ1) is 11.3. The molecule has 1 heterocycles. The average molecular weight is 369 g/mol. The minimum Gasteiger partial charge on any atom is -0.476 e. The number of thiazole rings is 1. The average Bonchev–Trinajstić information content (AvgIpc) is 2.92. The first-order valence-corrected chi connectivity index (χ1v) is 8.36. The highest BCUT2D eigenvalue weighted by molar-refractivity contribution is 7.13. The van der Waals surface area contributed by atoms with Crippen molar-refractivity contribution in [3.8, 4) is 5.75 Å². The van der Waals surface area contributed by atoms with Crippen molar-refractivity contribution >= 4 is 39.9 Å². The number of aryl methyl sites for hydroxylation is 1. The topological polar surface area (TPSA) is 77.5 Å². The Kier molecular flexibility index (Phi) is 5.80. The molecule has 0 saturated carbocycles. The number of carbonyl (C=O) groups excluding carboxylic acids is 2. The predicted molar refractivity (Wildman–Crippen MR) is 92.6 cm³/mol. The third kappa shape index (κ3) is 5.21. The second kappa shape index (κ2) is 7.63. The zero-order chi connectivity index (χ0) is 17.7. The maximum atomic E-state index is 12.1. The van der Waals surface area contributed by atoms with Crippen LogP contribution in [0.1, 0.15) is 19.5 Å². The number of nitrogens with zero attached hydrogens (tertiary/aromatic N) is 1. The lowest BCUT2D eigenvalue weighted by molar-refractivity contribution is -0.161. The molecule has 0 atom stereocenters. The molecule has 0 spiro atoms. The van der Waals surface area contributed by atoms with Crippen molar-refractivity contribution in [3.63, 3.8) is 0 Å². The van der Waals surface area contributed by atoms with Crippen LogP contribution in [0.25, 0.3) is 0 Å². The van der Waals surface area contributed by atoms with E-state index in [4.69, 9.17) is 21.1 Å².